The van der Waals surface area contributed by atoms with Gasteiger partial charge in [-0.1, -0.05) is 63.6 Å². The van der Waals surface area contributed by atoms with Gasteiger partial charge in [0.2, 0.25) is 0 Å². The molecule has 0 saturated carbocycles. The Morgan fingerprint density at radius 2 is 1.35 bits per heavy atom. The number of ether oxygens (including phenoxy) is 2. The van der Waals surface area contributed by atoms with Gasteiger partial charge in [0, 0.05) is 40.7 Å². The van der Waals surface area contributed by atoms with Crippen LogP contribution in [0, 0.1) is 27.7 Å². The van der Waals surface area contributed by atoms with Crippen molar-refractivity contribution in [3.8, 4) is 39.9 Å². The van der Waals surface area contributed by atoms with Crippen molar-refractivity contribution < 1.29 is 9.47 Å². The monoisotopic (exact) mass is 648 g/mol. The van der Waals surface area contributed by atoms with Crippen LogP contribution in [0.15, 0.2) is 91.1 Å². The van der Waals surface area contributed by atoms with Gasteiger partial charge in [0.25, 0.3) is 0 Å². The van der Waals surface area contributed by atoms with Gasteiger partial charge in [0.05, 0.1) is 35.2 Å². The van der Waals surface area contributed by atoms with Gasteiger partial charge in [-0.3, -0.25) is 4.57 Å². The summed E-state index contributed by atoms with van der Waals surface area (Å²) < 4.78 is 16.5. The van der Waals surface area contributed by atoms with E-state index in [9.17, 15) is 0 Å². The van der Waals surface area contributed by atoms with E-state index in [0.29, 0.717) is 0 Å². The molecule has 0 bridgehead atoms. The number of pyridine rings is 1. The number of benzene rings is 4. The summed E-state index contributed by atoms with van der Waals surface area (Å²) in [6, 6.07) is 29.5. The fourth-order valence-corrected chi connectivity index (χ4v) is 7.37. The van der Waals surface area contributed by atoms with Crippen LogP contribution < -0.4 is 9.47 Å². The average Bonchev–Trinajstić information content (AvgIpc) is 3.61. The van der Waals surface area contributed by atoms with Crippen molar-refractivity contribution in [2.24, 2.45) is 0 Å². The molecule has 0 radical (unpaired) electrons. The molecule has 0 saturated heterocycles. The number of hydrogen-bond donors (Lipinski definition) is 0. The van der Waals surface area contributed by atoms with Crippen LogP contribution in [0.25, 0.3) is 44.4 Å². The van der Waals surface area contributed by atoms with Crippen molar-refractivity contribution >= 4 is 21.8 Å². The molecule has 0 atom stereocenters. The van der Waals surface area contributed by atoms with Crippen molar-refractivity contribution in [1.29, 1.82) is 0 Å². The Morgan fingerprint density at radius 3 is 2.06 bits per heavy atom. The lowest BCUT2D eigenvalue weighted by Gasteiger charge is -2.18. The molecule has 6 nitrogen and oxygen atoms in total. The molecule has 4 aromatic carbocycles. The van der Waals surface area contributed by atoms with Crippen LogP contribution in [0.3, 0.4) is 0 Å². The highest BCUT2D eigenvalue weighted by Crippen LogP contribution is 2.42. The molecule has 248 valence electrons. The predicted molar refractivity (Wildman–Crippen MR) is 201 cm³/mol. The molecule has 0 spiro atoms. The van der Waals surface area contributed by atoms with E-state index in [1.54, 1.807) is 13.3 Å². The van der Waals surface area contributed by atoms with Crippen molar-refractivity contribution in [3.05, 3.63) is 125 Å². The molecule has 0 fully saturated rings. The van der Waals surface area contributed by atoms with E-state index in [0.717, 1.165) is 61.8 Å². The first-order chi connectivity index (χ1) is 23.5. The van der Waals surface area contributed by atoms with Crippen LogP contribution in [0.1, 0.15) is 73.2 Å². The maximum absolute atomic E-state index is 6.68. The van der Waals surface area contributed by atoms with Gasteiger partial charge in [-0.15, -0.1) is 0 Å². The van der Waals surface area contributed by atoms with E-state index < -0.39 is 0 Å². The zero-order chi connectivity index (χ0) is 34.6. The van der Waals surface area contributed by atoms with Crippen LogP contribution in [0.4, 0.5) is 0 Å². The van der Waals surface area contributed by atoms with E-state index >= 15 is 0 Å². The van der Waals surface area contributed by atoms with E-state index in [1.165, 1.54) is 33.5 Å². The highest BCUT2D eigenvalue weighted by atomic mass is 16.5. The third kappa shape index (κ3) is 5.75. The number of para-hydroxylation sites is 1. The third-order valence-electron chi connectivity index (χ3n) is 9.31. The number of nitrogens with zero attached hydrogens (tertiary/aromatic N) is 4. The Balaban J connectivity index is 1.36. The SMILES string of the molecule is COc1ccnc(-n2c3ccccc3c3ccc(Oc4cc(C)cc(-n5nc(C(C)C)c(-c6c(C)cc(C)cc6C)c5C(C)C)c4)cc32)c1. The molecule has 3 aromatic heterocycles. The Kier molecular flexibility index (Phi) is 8.27. The molecular formula is C43H44N4O2. The minimum absolute atomic E-state index is 0.245. The van der Waals surface area contributed by atoms with Gasteiger partial charge in [-0.25, -0.2) is 9.67 Å². The molecule has 0 aliphatic carbocycles. The summed E-state index contributed by atoms with van der Waals surface area (Å²) in [6.45, 7) is 17.7. The van der Waals surface area contributed by atoms with Crippen LogP contribution in [-0.2, 0) is 0 Å². The summed E-state index contributed by atoms with van der Waals surface area (Å²) in [6.07, 6.45) is 1.78. The van der Waals surface area contributed by atoms with Crippen LogP contribution >= 0.6 is 0 Å². The molecule has 0 N–H and O–H groups in total. The molecule has 0 aliphatic rings. The average molecular weight is 649 g/mol. The molecule has 7 aromatic rings. The molecule has 49 heavy (non-hydrogen) atoms. The molecular weight excluding hydrogens is 604 g/mol. The molecule has 0 aliphatic heterocycles. The minimum Gasteiger partial charge on any atom is -0.497 e. The maximum Gasteiger partial charge on any atom is 0.141 e. The van der Waals surface area contributed by atoms with Gasteiger partial charge in [0.15, 0.2) is 0 Å². The van der Waals surface area contributed by atoms with Gasteiger partial charge in [0.1, 0.15) is 23.1 Å². The number of rotatable bonds is 8. The van der Waals surface area contributed by atoms with Gasteiger partial charge in [-0.05, 0) is 98.2 Å². The summed E-state index contributed by atoms with van der Waals surface area (Å²) >= 11 is 0. The second-order valence-corrected chi connectivity index (χ2v) is 13.8. The van der Waals surface area contributed by atoms with Crippen molar-refractivity contribution in [2.45, 2.75) is 67.2 Å². The molecule has 0 amide bonds. The number of hydrogen-bond acceptors (Lipinski definition) is 4. The Bertz CT molecular complexity index is 2340. The first-order valence-corrected chi connectivity index (χ1v) is 17.1. The molecule has 3 heterocycles. The van der Waals surface area contributed by atoms with Gasteiger partial charge in [-0.2, -0.15) is 5.10 Å². The first-order valence-electron chi connectivity index (χ1n) is 17.1. The lowest BCUT2D eigenvalue weighted by Crippen LogP contribution is -2.06. The smallest absolute Gasteiger partial charge is 0.141 e. The second-order valence-electron chi connectivity index (χ2n) is 13.8. The maximum atomic E-state index is 6.68. The first kappa shape index (κ1) is 32.2. The highest BCUT2D eigenvalue weighted by molar-refractivity contribution is 6.09. The summed E-state index contributed by atoms with van der Waals surface area (Å²) in [5, 5.41) is 7.62. The second kappa shape index (κ2) is 12.6. The fraction of sp³-hybridized carbons (Fsp3) is 0.256. The van der Waals surface area contributed by atoms with Gasteiger partial charge >= 0.3 is 0 Å². The zero-order valence-electron chi connectivity index (χ0n) is 29.9. The Hall–Kier alpha value is -5.36. The van der Waals surface area contributed by atoms with Crippen LogP contribution in [-0.4, -0.2) is 26.4 Å². The van der Waals surface area contributed by atoms with Crippen molar-refractivity contribution in [3.63, 3.8) is 0 Å². The number of aryl methyl sites for hydroxylation is 4. The summed E-state index contributed by atoms with van der Waals surface area (Å²) in [7, 11) is 1.68. The van der Waals surface area contributed by atoms with Crippen molar-refractivity contribution in [2.75, 3.05) is 7.11 Å². The fourth-order valence-electron chi connectivity index (χ4n) is 7.37. The molecule has 7 rings (SSSR count). The summed E-state index contributed by atoms with van der Waals surface area (Å²) in [5.41, 5.74) is 12.9. The summed E-state index contributed by atoms with van der Waals surface area (Å²) in [5.74, 6) is 3.55. The third-order valence-corrected chi connectivity index (χ3v) is 9.31. The van der Waals surface area contributed by atoms with E-state index in [2.05, 4.69) is 131 Å². The van der Waals surface area contributed by atoms with Crippen LogP contribution in [0.5, 0.6) is 17.2 Å². The lowest BCUT2D eigenvalue weighted by molar-refractivity contribution is 0.414. The minimum atomic E-state index is 0.245. The summed E-state index contributed by atoms with van der Waals surface area (Å²) in [4.78, 5) is 4.71. The number of fused-ring (bicyclic) bond motifs is 3. The molecule has 6 heteroatoms. The Labute approximate surface area is 289 Å². The van der Waals surface area contributed by atoms with E-state index in [1.807, 2.05) is 18.2 Å². The number of methoxy groups -OCH3 is 1. The Morgan fingerprint density at radius 1 is 0.633 bits per heavy atom. The highest BCUT2D eigenvalue weighted by Gasteiger charge is 2.27. The quantitative estimate of drug-likeness (QED) is 0.165. The normalized spacial score (nSPS) is 11.7. The number of aromatic nitrogens is 4. The van der Waals surface area contributed by atoms with E-state index in [4.69, 9.17) is 19.6 Å². The van der Waals surface area contributed by atoms with Crippen LogP contribution in [0.2, 0.25) is 0 Å². The predicted octanol–water partition coefficient (Wildman–Crippen LogP) is 11.3. The van der Waals surface area contributed by atoms with E-state index in [-0.39, 0.29) is 11.8 Å². The van der Waals surface area contributed by atoms with Crippen molar-refractivity contribution in [1.82, 2.24) is 19.3 Å². The molecule has 0 unspecified atom stereocenters. The largest absolute Gasteiger partial charge is 0.497 e. The van der Waals surface area contributed by atoms with Gasteiger partial charge < -0.3 is 9.47 Å². The lowest BCUT2D eigenvalue weighted by atomic mass is 9.87. The topological polar surface area (TPSA) is 54.1 Å². The zero-order valence-corrected chi connectivity index (χ0v) is 29.9. The standard InChI is InChI=1S/C43H44N4O2/c1-25(2)42-41(40-29(7)18-27(5)19-30(40)8)43(26(3)4)47(45-42)31-20-28(6)21-34(22-31)49-33-14-15-36-35-12-10-11-13-37(35)46(38(36)23-33)39-24-32(48-9)16-17-44-39/h10-26H,1-9H3.